The molecule has 0 bridgehead atoms. The Hall–Kier alpha value is -7.34. The van der Waals surface area contributed by atoms with Crippen molar-refractivity contribution in [3.63, 3.8) is 0 Å². The van der Waals surface area contributed by atoms with Crippen LogP contribution < -0.4 is 20.7 Å². The van der Waals surface area contributed by atoms with Gasteiger partial charge in [0.2, 0.25) is 5.95 Å². The van der Waals surface area contributed by atoms with E-state index in [9.17, 15) is 0 Å². The van der Waals surface area contributed by atoms with Gasteiger partial charge in [-0.2, -0.15) is 4.98 Å². The third-order valence-electron chi connectivity index (χ3n) is 13.4. The van der Waals surface area contributed by atoms with Gasteiger partial charge in [-0.25, -0.2) is 4.98 Å². The molecule has 0 spiro atoms. The lowest BCUT2D eigenvalue weighted by Gasteiger charge is -2.34. The Labute approximate surface area is 382 Å². The van der Waals surface area contributed by atoms with Crippen LogP contribution in [0.25, 0.3) is 66.6 Å². The molecule has 0 aliphatic carbocycles. The highest BCUT2D eigenvalue weighted by Gasteiger charge is 2.41. The van der Waals surface area contributed by atoms with Crippen LogP contribution in [0, 0.1) is 0 Å². The number of hydrogen-bond acceptors (Lipinski definition) is 2. The molecular weight excluding hydrogens is 805 g/mol. The first-order chi connectivity index (χ1) is 31.5. The van der Waals surface area contributed by atoms with Gasteiger partial charge in [-0.3, -0.25) is 9.13 Å². The van der Waals surface area contributed by atoms with Gasteiger partial charge in [-0.1, -0.05) is 217 Å². The van der Waals surface area contributed by atoms with Crippen LogP contribution in [0.1, 0.15) is 52.7 Å². The molecule has 5 heteroatoms. The van der Waals surface area contributed by atoms with Crippen molar-refractivity contribution < 1.29 is 0 Å². The first kappa shape index (κ1) is 40.4. The monoisotopic (exact) mass is 856 g/mol. The molecule has 0 N–H and O–H groups in total. The SMILES string of the molecule is CC(C)(C)c1cc(C(C)(C)C)c2c(c1)c1ccccc1n2-c1nc(-c2cccc([Si](c3ccccc3)(c3ccccc3)c3ccccc3)c2)cc(-n2c3ccccc3c3ccccc32)n1. The second-order valence-electron chi connectivity index (χ2n) is 19.5. The van der Waals surface area contributed by atoms with Crippen molar-refractivity contribution in [3.05, 3.63) is 217 Å². The van der Waals surface area contributed by atoms with E-state index in [-0.39, 0.29) is 10.8 Å². The summed E-state index contributed by atoms with van der Waals surface area (Å²) in [7, 11) is -2.85. The van der Waals surface area contributed by atoms with Crippen LogP contribution in [0.4, 0.5) is 0 Å². The maximum Gasteiger partial charge on any atom is 0.237 e. The van der Waals surface area contributed by atoms with Crippen molar-refractivity contribution in [1.82, 2.24) is 19.1 Å². The second kappa shape index (κ2) is 15.4. The number of fused-ring (bicyclic) bond motifs is 6. The Bertz CT molecular complexity index is 3400. The van der Waals surface area contributed by atoms with E-state index in [1.54, 1.807) is 0 Å². The molecule has 0 amide bonds. The highest BCUT2D eigenvalue weighted by atomic mass is 28.3. The lowest BCUT2D eigenvalue weighted by molar-refractivity contribution is 0.572. The molecule has 0 saturated carbocycles. The largest absolute Gasteiger partial charge is 0.294 e. The number of rotatable bonds is 7. The Balaban J connectivity index is 1.25. The summed E-state index contributed by atoms with van der Waals surface area (Å²) >= 11 is 0. The third-order valence-corrected chi connectivity index (χ3v) is 18.1. The lowest BCUT2D eigenvalue weighted by atomic mass is 9.79. The number of nitrogens with zero attached hydrogens (tertiary/aromatic N) is 4. The minimum absolute atomic E-state index is 0.0414. The maximum atomic E-state index is 5.71. The molecule has 0 fully saturated rings. The molecule has 3 heterocycles. The predicted octanol–water partition coefficient (Wildman–Crippen LogP) is 12.3. The smallest absolute Gasteiger partial charge is 0.237 e. The number of aromatic nitrogens is 4. The molecule has 0 aliphatic rings. The van der Waals surface area contributed by atoms with Crippen LogP contribution in [0.3, 0.4) is 0 Å². The summed E-state index contributed by atoms with van der Waals surface area (Å²) in [5.74, 6) is 1.46. The van der Waals surface area contributed by atoms with Crippen LogP contribution in [0.15, 0.2) is 206 Å². The number of hydrogen-bond donors (Lipinski definition) is 0. The zero-order valence-electron chi connectivity index (χ0n) is 37.9. The van der Waals surface area contributed by atoms with E-state index in [2.05, 4.69) is 257 Å². The number of benzene rings is 8. The second-order valence-corrected chi connectivity index (χ2v) is 23.3. The normalized spacial score (nSPS) is 12.5. The molecule has 0 unspecified atom stereocenters. The summed E-state index contributed by atoms with van der Waals surface area (Å²) in [6.45, 7) is 13.9. The van der Waals surface area contributed by atoms with Crippen molar-refractivity contribution in [2.45, 2.75) is 52.4 Å². The van der Waals surface area contributed by atoms with E-state index in [1.165, 1.54) is 53.4 Å². The Morgan fingerprint density at radius 3 is 1.35 bits per heavy atom. The summed E-state index contributed by atoms with van der Waals surface area (Å²) in [4.78, 5) is 11.4. The molecule has 11 aromatic rings. The first-order valence-corrected chi connectivity index (χ1v) is 24.8. The molecule has 3 aromatic heterocycles. The Morgan fingerprint density at radius 2 is 0.846 bits per heavy atom. The standard InChI is InChI=1S/C60H52N4Si/c1-59(2,3)42-38-50-49-33-18-21-36-55(49)64(57(50)51(39-42)60(4,5)6)58-61-52(40-56(62-58)63-53-34-19-16-31-47(53)48-32-17-20-35-54(48)63)41-23-22-30-46(37-41)65(43-24-10-7-11-25-43,44-26-12-8-13-27-44)45-28-14-9-15-29-45/h7-40H,1-6H3. The summed E-state index contributed by atoms with van der Waals surface area (Å²) in [5.41, 5.74) is 8.72. The zero-order chi connectivity index (χ0) is 44.5. The van der Waals surface area contributed by atoms with Gasteiger partial charge in [0.1, 0.15) is 5.82 Å². The fourth-order valence-corrected chi connectivity index (χ4v) is 15.0. The fourth-order valence-electron chi connectivity index (χ4n) is 10.2. The number of para-hydroxylation sites is 3. The molecule has 0 saturated heterocycles. The van der Waals surface area contributed by atoms with Crippen molar-refractivity contribution in [2.24, 2.45) is 0 Å². The topological polar surface area (TPSA) is 35.6 Å². The third kappa shape index (κ3) is 6.64. The molecule has 11 rings (SSSR count). The Morgan fingerprint density at radius 1 is 0.385 bits per heavy atom. The highest BCUT2D eigenvalue weighted by Crippen LogP contribution is 2.42. The molecule has 8 aromatic carbocycles. The predicted molar refractivity (Wildman–Crippen MR) is 277 cm³/mol. The van der Waals surface area contributed by atoms with Gasteiger partial charge in [0.05, 0.1) is 27.8 Å². The average molecular weight is 857 g/mol. The van der Waals surface area contributed by atoms with Gasteiger partial charge < -0.3 is 0 Å². The van der Waals surface area contributed by atoms with Gasteiger partial charge >= 0.3 is 0 Å². The minimum atomic E-state index is -2.85. The first-order valence-electron chi connectivity index (χ1n) is 22.8. The van der Waals surface area contributed by atoms with Crippen molar-refractivity contribution in [1.29, 1.82) is 0 Å². The molecule has 0 aliphatic heterocycles. The van der Waals surface area contributed by atoms with E-state index >= 15 is 0 Å². The average Bonchev–Trinajstić information content (AvgIpc) is 3.85. The molecule has 4 nitrogen and oxygen atoms in total. The van der Waals surface area contributed by atoms with Crippen molar-refractivity contribution in [2.75, 3.05) is 0 Å². The fraction of sp³-hybridized carbons (Fsp3) is 0.133. The van der Waals surface area contributed by atoms with Crippen molar-refractivity contribution in [3.8, 4) is 23.0 Å². The van der Waals surface area contributed by atoms with Crippen LogP contribution in [0.2, 0.25) is 0 Å². The van der Waals surface area contributed by atoms with Crippen LogP contribution in [0.5, 0.6) is 0 Å². The maximum absolute atomic E-state index is 5.71. The molecule has 316 valence electrons. The van der Waals surface area contributed by atoms with Gasteiger partial charge in [-0.15, -0.1) is 0 Å². The van der Waals surface area contributed by atoms with E-state index in [0.29, 0.717) is 5.95 Å². The van der Waals surface area contributed by atoms with Gasteiger partial charge in [0.15, 0.2) is 8.07 Å². The van der Waals surface area contributed by atoms with E-state index < -0.39 is 8.07 Å². The molecule has 65 heavy (non-hydrogen) atoms. The quantitative estimate of drug-likeness (QED) is 0.118. The van der Waals surface area contributed by atoms with E-state index in [0.717, 1.165) is 39.1 Å². The van der Waals surface area contributed by atoms with Gasteiger partial charge in [-0.05, 0) is 67.0 Å². The van der Waals surface area contributed by atoms with Crippen LogP contribution >= 0.6 is 0 Å². The minimum Gasteiger partial charge on any atom is -0.294 e. The summed E-state index contributed by atoms with van der Waals surface area (Å²) in [5, 5.41) is 10.1. The zero-order valence-corrected chi connectivity index (χ0v) is 38.9. The van der Waals surface area contributed by atoms with Gasteiger partial charge in [0.25, 0.3) is 0 Å². The van der Waals surface area contributed by atoms with Crippen LogP contribution in [-0.4, -0.2) is 27.2 Å². The summed E-state index contributed by atoms with van der Waals surface area (Å²) in [6, 6.07) is 75.8. The van der Waals surface area contributed by atoms with Gasteiger partial charge in [0, 0.05) is 33.2 Å². The van der Waals surface area contributed by atoms with E-state index in [1.807, 2.05) is 0 Å². The molecular formula is C60H52N4Si. The van der Waals surface area contributed by atoms with Crippen molar-refractivity contribution >= 4 is 72.4 Å². The summed E-state index contributed by atoms with van der Waals surface area (Å²) in [6.07, 6.45) is 0. The Kier molecular flexibility index (Phi) is 9.60. The molecule has 0 atom stereocenters. The summed E-state index contributed by atoms with van der Waals surface area (Å²) < 4.78 is 4.68. The van der Waals surface area contributed by atoms with E-state index in [4.69, 9.17) is 9.97 Å². The van der Waals surface area contributed by atoms with Crippen LogP contribution in [-0.2, 0) is 10.8 Å². The lowest BCUT2D eigenvalue weighted by Crippen LogP contribution is -2.74. The molecule has 0 radical (unpaired) electrons. The highest BCUT2D eigenvalue weighted by molar-refractivity contribution is 7.19.